The third-order valence-corrected chi connectivity index (χ3v) is 5.74. The minimum Gasteiger partial charge on any atom is -0.348 e. The van der Waals surface area contributed by atoms with Crippen LogP contribution in [-0.4, -0.2) is 26.9 Å². The van der Waals surface area contributed by atoms with Crippen LogP contribution in [-0.2, 0) is 10.0 Å². The van der Waals surface area contributed by atoms with Crippen molar-refractivity contribution in [3.63, 3.8) is 0 Å². The average Bonchev–Trinajstić information content (AvgIpc) is 3.47. The van der Waals surface area contributed by atoms with Crippen LogP contribution in [0.4, 0.5) is 14.5 Å². The Bertz CT molecular complexity index is 951. The van der Waals surface area contributed by atoms with Crippen molar-refractivity contribution in [2.24, 2.45) is 11.7 Å². The summed E-state index contributed by atoms with van der Waals surface area (Å²) in [7, 11) is -4.09. The molecule has 0 bridgehead atoms. The number of sulfonamides is 1. The zero-order chi connectivity index (χ0) is 19.6. The van der Waals surface area contributed by atoms with Gasteiger partial charge in [-0.25, -0.2) is 17.2 Å². The Hall–Kier alpha value is -2.23. The molecule has 1 unspecified atom stereocenters. The van der Waals surface area contributed by atoms with Crippen molar-refractivity contribution in [3.05, 3.63) is 59.7 Å². The van der Waals surface area contributed by atoms with Gasteiger partial charge in [0.15, 0.2) is 11.6 Å². The van der Waals surface area contributed by atoms with E-state index < -0.39 is 26.6 Å². The number of carbonyl (C=O) groups is 1. The molecule has 1 atom stereocenters. The molecule has 10 heteroatoms. The minimum atomic E-state index is -4.09. The van der Waals surface area contributed by atoms with Crippen LogP contribution in [0.1, 0.15) is 23.2 Å². The van der Waals surface area contributed by atoms with Crippen molar-refractivity contribution >= 4 is 34.0 Å². The highest BCUT2D eigenvalue weighted by Crippen LogP contribution is 2.32. The summed E-state index contributed by atoms with van der Waals surface area (Å²) in [6.07, 6.45) is 2.10. The Kier molecular flexibility index (Phi) is 6.97. The van der Waals surface area contributed by atoms with E-state index in [1.807, 2.05) is 0 Å². The van der Waals surface area contributed by atoms with E-state index in [0.717, 1.165) is 25.0 Å². The molecule has 1 aliphatic carbocycles. The maximum Gasteiger partial charge on any atom is 0.261 e. The lowest BCUT2D eigenvalue weighted by molar-refractivity contribution is 0.0933. The van der Waals surface area contributed by atoms with Crippen molar-refractivity contribution in [2.75, 3.05) is 11.3 Å². The largest absolute Gasteiger partial charge is 0.348 e. The molecule has 0 spiro atoms. The number of amides is 1. The SMILES string of the molecule is Cl.NCC(NC(=O)c1ccc(NS(=O)(=O)c2ccc(F)c(F)c2)cc1)C1CC1. The summed E-state index contributed by atoms with van der Waals surface area (Å²) >= 11 is 0. The third kappa shape index (κ3) is 5.18. The second kappa shape index (κ2) is 8.85. The Labute approximate surface area is 168 Å². The summed E-state index contributed by atoms with van der Waals surface area (Å²) in [5.41, 5.74) is 6.22. The summed E-state index contributed by atoms with van der Waals surface area (Å²) in [5, 5.41) is 2.87. The first-order chi connectivity index (χ1) is 12.8. The summed E-state index contributed by atoms with van der Waals surface area (Å²) in [6.45, 7) is 0.364. The minimum absolute atomic E-state index is 0. The van der Waals surface area contributed by atoms with E-state index in [2.05, 4.69) is 10.0 Å². The van der Waals surface area contributed by atoms with Gasteiger partial charge in [-0.05, 0) is 61.2 Å². The first-order valence-corrected chi connectivity index (χ1v) is 9.87. The van der Waals surface area contributed by atoms with E-state index in [0.29, 0.717) is 24.1 Å². The molecule has 152 valence electrons. The number of nitrogens with one attached hydrogen (secondary N) is 2. The van der Waals surface area contributed by atoms with Crippen LogP contribution in [0.5, 0.6) is 0 Å². The van der Waals surface area contributed by atoms with Crippen LogP contribution in [0.3, 0.4) is 0 Å². The molecule has 1 fully saturated rings. The van der Waals surface area contributed by atoms with Crippen LogP contribution < -0.4 is 15.8 Å². The van der Waals surface area contributed by atoms with E-state index in [1.54, 1.807) is 0 Å². The lowest BCUT2D eigenvalue weighted by Crippen LogP contribution is -2.41. The molecule has 0 aliphatic heterocycles. The van der Waals surface area contributed by atoms with E-state index in [-0.39, 0.29) is 30.0 Å². The lowest BCUT2D eigenvalue weighted by Gasteiger charge is -2.16. The molecule has 0 aromatic heterocycles. The van der Waals surface area contributed by atoms with Crippen LogP contribution in [0.2, 0.25) is 0 Å². The Morgan fingerprint density at radius 1 is 1.11 bits per heavy atom. The topological polar surface area (TPSA) is 101 Å². The van der Waals surface area contributed by atoms with Gasteiger partial charge in [0, 0.05) is 23.8 Å². The van der Waals surface area contributed by atoms with E-state index in [1.165, 1.54) is 24.3 Å². The van der Waals surface area contributed by atoms with E-state index in [4.69, 9.17) is 5.73 Å². The second-order valence-electron chi connectivity index (χ2n) is 6.41. The molecule has 4 N–H and O–H groups in total. The summed E-state index contributed by atoms with van der Waals surface area (Å²) in [4.78, 5) is 11.8. The van der Waals surface area contributed by atoms with Crippen molar-refractivity contribution in [1.82, 2.24) is 5.32 Å². The summed E-state index contributed by atoms with van der Waals surface area (Å²) in [6, 6.07) is 8.02. The van der Waals surface area contributed by atoms with Gasteiger partial charge in [-0.15, -0.1) is 12.4 Å². The molecule has 28 heavy (non-hydrogen) atoms. The molecule has 0 radical (unpaired) electrons. The normalized spacial score (nSPS) is 14.7. The van der Waals surface area contributed by atoms with Crippen molar-refractivity contribution < 1.29 is 22.0 Å². The molecular weight excluding hydrogens is 412 g/mol. The first kappa shape index (κ1) is 22.1. The standard InChI is InChI=1S/C18H19F2N3O3S.ClH/c19-15-8-7-14(9-16(15)20)27(25,26)23-13-5-3-12(4-6-13)18(24)22-17(10-21)11-1-2-11;/h3-9,11,17,23H,1-2,10,21H2,(H,22,24);1H. The van der Waals surface area contributed by atoms with Crippen LogP contribution in [0.15, 0.2) is 47.4 Å². The number of nitrogens with two attached hydrogens (primary N) is 1. The molecule has 0 heterocycles. The predicted molar refractivity (Wildman–Crippen MR) is 104 cm³/mol. The smallest absolute Gasteiger partial charge is 0.261 e. The van der Waals surface area contributed by atoms with Crippen molar-refractivity contribution in [1.29, 1.82) is 0 Å². The number of carbonyl (C=O) groups excluding carboxylic acids is 1. The number of rotatable bonds is 7. The van der Waals surface area contributed by atoms with Crippen molar-refractivity contribution in [2.45, 2.75) is 23.8 Å². The van der Waals surface area contributed by atoms with Crippen LogP contribution in [0.25, 0.3) is 0 Å². The number of hydrogen-bond donors (Lipinski definition) is 3. The van der Waals surface area contributed by atoms with Gasteiger partial charge in [-0.1, -0.05) is 0 Å². The lowest BCUT2D eigenvalue weighted by atomic mass is 10.1. The fourth-order valence-electron chi connectivity index (χ4n) is 2.67. The molecule has 1 aliphatic rings. The predicted octanol–water partition coefficient (Wildman–Crippen LogP) is 2.65. The molecule has 2 aromatic rings. The van der Waals surface area contributed by atoms with Crippen LogP contribution >= 0.6 is 12.4 Å². The van der Waals surface area contributed by atoms with E-state index >= 15 is 0 Å². The maximum atomic E-state index is 13.3. The van der Waals surface area contributed by atoms with E-state index in [9.17, 15) is 22.0 Å². The number of halogens is 3. The second-order valence-corrected chi connectivity index (χ2v) is 8.09. The number of benzene rings is 2. The van der Waals surface area contributed by atoms with Gasteiger partial charge in [0.1, 0.15) is 0 Å². The number of anilines is 1. The fourth-order valence-corrected chi connectivity index (χ4v) is 3.74. The maximum absolute atomic E-state index is 13.3. The zero-order valence-electron chi connectivity index (χ0n) is 14.7. The van der Waals surface area contributed by atoms with Gasteiger partial charge < -0.3 is 11.1 Å². The Balaban J connectivity index is 0.00000280. The zero-order valence-corrected chi connectivity index (χ0v) is 16.3. The molecule has 0 saturated heterocycles. The average molecular weight is 432 g/mol. The van der Waals surface area contributed by atoms with Crippen LogP contribution in [0, 0.1) is 17.6 Å². The van der Waals surface area contributed by atoms with Gasteiger partial charge >= 0.3 is 0 Å². The van der Waals surface area contributed by atoms with Gasteiger partial charge in [0.25, 0.3) is 15.9 Å². The van der Waals surface area contributed by atoms with Gasteiger partial charge in [-0.2, -0.15) is 0 Å². The van der Waals surface area contributed by atoms with Gasteiger partial charge in [-0.3, -0.25) is 9.52 Å². The fraction of sp³-hybridized carbons (Fsp3) is 0.278. The molecule has 6 nitrogen and oxygen atoms in total. The Morgan fingerprint density at radius 2 is 1.75 bits per heavy atom. The monoisotopic (exact) mass is 431 g/mol. The Morgan fingerprint density at radius 3 is 2.29 bits per heavy atom. The highest BCUT2D eigenvalue weighted by atomic mass is 35.5. The van der Waals surface area contributed by atoms with Gasteiger partial charge in [0.05, 0.1) is 4.90 Å². The molecule has 2 aromatic carbocycles. The summed E-state index contributed by atoms with van der Waals surface area (Å²) in [5.74, 6) is -2.25. The van der Waals surface area contributed by atoms with Crippen molar-refractivity contribution in [3.8, 4) is 0 Å². The quantitative estimate of drug-likeness (QED) is 0.627. The third-order valence-electron chi connectivity index (χ3n) is 4.36. The summed E-state index contributed by atoms with van der Waals surface area (Å²) < 4.78 is 53.0. The molecule has 1 amide bonds. The number of hydrogen-bond acceptors (Lipinski definition) is 4. The highest BCUT2D eigenvalue weighted by molar-refractivity contribution is 7.92. The molecular formula is C18H20ClF2N3O3S. The molecule has 3 rings (SSSR count). The first-order valence-electron chi connectivity index (χ1n) is 8.39. The van der Waals surface area contributed by atoms with Gasteiger partial charge in [0.2, 0.25) is 0 Å². The highest BCUT2D eigenvalue weighted by Gasteiger charge is 2.31. The molecule has 1 saturated carbocycles.